The molecule has 0 unspecified atom stereocenters. The molecule has 3 heterocycles. The number of nitrogens with zero attached hydrogens (tertiary/aromatic N) is 9. The Hall–Kier alpha value is -8.78. The molecule has 3 aromatic carbocycles. The first kappa shape index (κ1) is 84.2. The molecule has 0 radical (unpaired) electrons. The van der Waals surface area contributed by atoms with Gasteiger partial charge in [0.2, 0.25) is 70.9 Å². The predicted octanol–water partition coefficient (Wildman–Crippen LogP) is 3.94. The molecular weight excluding hydrogens is 1330 g/mol. The maximum absolute atomic E-state index is 15.9. The third kappa shape index (κ3) is 22.6. The topological polar surface area (TPSA) is 300 Å². The fourth-order valence-electron chi connectivity index (χ4n) is 13.9. The highest BCUT2D eigenvalue weighted by molar-refractivity contribution is 6.00. The molecule has 572 valence electrons. The molecule has 26 nitrogen and oxygen atoms in total. The molecule has 0 aliphatic carbocycles. The first-order valence-electron chi connectivity index (χ1n) is 36.7. The monoisotopic (exact) mass is 1440 g/mol. The van der Waals surface area contributed by atoms with Gasteiger partial charge in [-0.3, -0.25) is 57.5 Å². The molecule has 0 aromatic heterocycles. The summed E-state index contributed by atoms with van der Waals surface area (Å²) >= 11 is 0. The highest BCUT2D eigenvalue weighted by atomic mass is 16.5. The number of hydrogen-bond donors (Lipinski definition) is 4. The van der Waals surface area contributed by atoms with Crippen LogP contribution in [0.15, 0.2) is 91.0 Å². The number of likely N-dealkylation sites (N-methyl/N-ethyl adjacent to an activating group) is 7. The smallest absolute Gasteiger partial charge is 0.248 e. The fourth-order valence-corrected chi connectivity index (χ4v) is 13.9. The van der Waals surface area contributed by atoms with Gasteiger partial charge in [-0.1, -0.05) is 133 Å². The average Bonchev–Trinajstić information content (AvgIpc) is 1.30. The molecule has 3 saturated heterocycles. The first-order chi connectivity index (χ1) is 48.9. The van der Waals surface area contributed by atoms with Gasteiger partial charge in [-0.2, -0.15) is 0 Å². The van der Waals surface area contributed by atoms with E-state index in [4.69, 9.17) is 4.74 Å². The van der Waals surface area contributed by atoms with Gasteiger partial charge in [-0.25, -0.2) is 0 Å². The lowest BCUT2D eigenvalue weighted by atomic mass is 9.97. The number of nitrogens with one attached hydrogen (secondary N) is 3. The lowest BCUT2D eigenvalue weighted by molar-refractivity contribution is -0.156. The molecule has 26 heteroatoms. The summed E-state index contributed by atoms with van der Waals surface area (Å²) in [7, 11) is 9.81. The number of fused-ring (bicyclic) bond motifs is 1. The van der Waals surface area contributed by atoms with Crippen molar-refractivity contribution in [3.8, 4) is 0 Å². The minimum Gasteiger partial charge on any atom is -0.391 e. The van der Waals surface area contributed by atoms with E-state index in [2.05, 4.69) is 16.0 Å². The molecule has 11 atom stereocenters. The lowest BCUT2D eigenvalue weighted by Gasteiger charge is -2.40. The number of aliphatic hydroxyl groups excluding tert-OH is 1. The Bertz CT molecular complexity index is 3440. The Labute approximate surface area is 615 Å². The van der Waals surface area contributed by atoms with E-state index in [1.54, 1.807) is 131 Å². The van der Waals surface area contributed by atoms with Crippen molar-refractivity contribution in [2.75, 3.05) is 82.1 Å². The van der Waals surface area contributed by atoms with E-state index in [0.717, 1.165) is 16.2 Å². The number of carbonyl (C=O) groups is 12. The van der Waals surface area contributed by atoms with Gasteiger partial charge in [-0.05, 0) is 107 Å². The first-order valence-corrected chi connectivity index (χ1v) is 36.7. The van der Waals surface area contributed by atoms with Gasteiger partial charge in [0.25, 0.3) is 0 Å². The van der Waals surface area contributed by atoms with Crippen molar-refractivity contribution >= 4 is 70.9 Å². The molecule has 0 saturated carbocycles. The van der Waals surface area contributed by atoms with E-state index in [-0.39, 0.29) is 56.9 Å². The number of likely N-dealkylation sites (tertiary alicyclic amines) is 1. The molecule has 104 heavy (non-hydrogen) atoms. The number of hydrogen-bond acceptors (Lipinski definition) is 14. The Kier molecular flexibility index (Phi) is 31.0. The van der Waals surface area contributed by atoms with Gasteiger partial charge in [0.05, 0.1) is 31.3 Å². The number of piperidine rings is 1. The second-order valence-corrected chi connectivity index (χ2v) is 30.6. The van der Waals surface area contributed by atoms with Crippen molar-refractivity contribution in [1.29, 1.82) is 0 Å². The molecule has 0 spiro atoms. The molecule has 6 rings (SSSR count). The number of amides is 12. The minimum atomic E-state index is -1.66. The highest BCUT2D eigenvalue weighted by Crippen LogP contribution is 2.28. The Balaban J connectivity index is 1.53. The summed E-state index contributed by atoms with van der Waals surface area (Å²) in [5.41, 5.74) is 1.07. The van der Waals surface area contributed by atoms with Crippen molar-refractivity contribution in [2.24, 2.45) is 17.8 Å². The van der Waals surface area contributed by atoms with E-state index in [1.165, 1.54) is 85.7 Å². The van der Waals surface area contributed by atoms with E-state index < -0.39 is 168 Å². The summed E-state index contributed by atoms with van der Waals surface area (Å²) in [4.78, 5) is 194. The van der Waals surface area contributed by atoms with Gasteiger partial charge in [0, 0.05) is 88.2 Å². The van der Waals surface area contributed by atoms with Crippen LogP contribution in [0.3, 0.4) is 0 Å². The molecule has 3 aromatic rings. The van der Waals surface area contributed by atoms with Crippen molar-refractivity contribution in [3.05, 3.63) is 108 Å². The Morgan fingerprint density at radius 2 is 0.942 bits per heavy atom. The predicted molar refractivity (Wildman–Crippen MR) is 394 cm³/mol. The quantitative estimate of drug-likeness (QED) is 0.168. The van der Waals surface area contributed by atoms with Crippen LogP contribution in [0.5, 0.6) is 0 Å². The van der Waals surface area contributed by atoms with Crippen LogP contribution in [0.1, 0.15) is 137 Å². The summed E-state index contributed by atoms with van der Waals surface area (Å²) in [5.74, 6) is -9.58. The maximum Gasteiger partial charge on any atom is 0.248 e. The second-order valence-electron chi connectivity index (χ2n) is 30.6. The Morgan fingerprint density at radius 3 is 1.43 bits per heavy atom. The summed E-state index contributed by atoms with van der Waals surface area (Å²) in [5, 5.41) is 19.7. The van der Waals surface area contributed by atoms with Crippen molar-refractivity contribution in [3.63, 3.8) is 0 Å². The van der Waals surface area contributed by atoms with Gasteiger partial charge in [-0.15, -0.1) is 0 Å². The Morgan fingerprint density at radius 1 is 0.490 bits per heavy atom. The van der Waals surface area contributed by atoms with E-state index >= 15 is 38.4 Å². The molecule has 0 bridgehead atoms. The van der Waals surface area contributed by atoms with E-state index in [1.807, 2.05) is 27.7 Å². The number of ether oxygens (including phenoxy) is 1. The van der Waals surface area contributed by atoms with Crippen molar-refractivity contribution in [2.45, 2.75) is 212 Å². The van der Waals surface area contributed by atoms with Crippen molar-refractivity contribution in [1.82, 2.24) is 60.0 Å². The molecule has 3 aliphatic heterocycles. The average molecular weight is 1450 g/mol. The van der Waals surface area contributed by atoms with Crippen LogP contribution in [0, 0.1) is 17.8 Å². The van der Waals surface area contributed by atoms with Crippen LogP contribution in [0.25, 0.3) is 0 Å². The van der Waals surface area contributed by atoms with Crippen molar-refractivity contribution < 1.29 is 67.4 Å². The van der Waals surface area contributed by atoms with Gasteiger partial charge >= 0.3 is 0 Å². The second kappa shape index (κ2) is 38.3. The molecule has 12 amide bonds. The number of aliphatic hydroxyl groups is 1. The standard InChI is InChI=1S/C78H116N12O14/c1-49(2)41-56-71(97)83(12)59(42-50(3)4)69(95)81-66(52(7)91)77(103)82(11)47-65(93)88(17)67(51(5)6)70(96)80-57(48-104-78(8,9)10)72(98)85(14)61(44-54-33-24-19-25-34-54)74(100)86(15)62(45-55-35-26-20-27-36-55)75(101)87(16)63(76(102)89-38-28-21-29-39-89)46-64(92)90-40-30-37-58(90)73(99)84(13)60(68(94)79-56)43-53-31-22-18-23-32-53/h18-20,22-27,31-36,49-52,56-63,66-67,91H,21,28-30,37-48H2,1-17H3,(H,79,94)(H,80,96)(H,81,95)/t52-,56+,57+,58-,59+,60+,61+,62+,63+,66+,67+/m1/s1. The van der Waals surface area contributed by atoms with E-state index in [9.17, 15) is 24.3 Å². The minimum absolute atomic E-state index is 0.0297. The van der Waals surface area contributed by atoms with E-state index in [0.29, 0.717) is 49.0 Å². The number of rotatable bonds is 15. The summed E-state index contributed by atoms with van der Waals surface area (Å²) in [6.45, 7) is 17.0. The van der Waals surface area contributed by atoms with Crippen LogP contribution >= 0.6 is 0 Å². The fraction of sp³-hybridized carbons (Fsp3) is 0.615. The normalized spacial score (nSPS) is 25.2. The third-order valence-electron chi connectivity index (χ3n) is 20.1. The zero-order valence-corrected chi connectivity index (χ0v) is 64.3. The molecule has 4 N–H and O–H groups in total. The largest absolute Gasteiger partial charge is 0.391 e. The zero-order chi connectivity index (χ0) is 77.2. The molecular formula is C78H116N12O14. The highest BCUT2D eigenvalue weighted by Gasteiger charge is 2.47. The SMILES string of the molecule is CC(C)C[C@@H]1NC(=O)[C@H](Cc2ccccc2)N(C)C(=O)[C@H]2CCCN2C(=O)C[C@@H](C(=O)N2CCCCC2)N(C)C(=O)[C@H](Cc2ccccc2)N(C)C(=O)[C@H](Cc2ccccc2)N(C)C(=O)[C@H](COC(C)(C)C)NC(=O)[C@H](C(C)C)N(C)C(=O)CN(C)C(=O)[C@H]([C@@H](C)O)NC(=O)[C@H](CC(C)C)N(C)C1=O. The van der Waals surface area contributed by atoms with Crippen LogP contribution in [0.4, 0.5) is 0 Å². The lowest BCUT2D eigenvalue weighted by Crippen LogP contribution is -2.62. The van der Waals surface area contributed by atoms with Gasteiger partial charge in [0.1, 0.15) is 60.4 Å². The number of benzene rings is 3. The molecule has 3 fully saturated rings. The maximum atomic E-state index is 15.9. The van der Waals surface area contributed by atoms with Gasteiger partial charge < -0.3 is 69.9 Å². The summed E-state index contributed by atoms with van der Waals surface area (Å²) < 4.78 is 6.23. The van der Waals surface area contributed by atoms with Crippen LogP contribution in [-0.2, 0) is 81.5 Å². The summed E-state index contributed by atoms with van der Waals surface area (Å²) in [6, 6.07) is 13.2. The number of carbonyl (C=O) groups excluding carboxylic acids is 12. The third-order valence-corrected chi connectivity index (χ3v) is 20.1. The van der Waals surface area contributed by atoms with Crippen LogP contribution in [-0.4, -0.2) is 274 Å². The summed E-state index contributed by atoms with van der Waals surface area (Å²) in [6.07, 6.45) is 0.576. The van der Waals surface area contributed by atoms with Crippen LogP contribution < -0.4 is 16.0 Å². The van der Waals surface area contributed by atoms with Crippen LogP contribution in [0.2, 0.25) is 0 Å². The van der Waals surface area contributed by atoms with Gasteiger partial charge in [0.15, 0.2) is 0 Å². The zero-order valence-electron chi connectivity index (χ0n) is 64.3. The molecule has 3 aliphatic rings.